The normalized spacial score (nSPS) is 20.0. The van der Waals surface area contributed by atoms with E-state index in [2.05, 4.69) is 10.4 Å². The summed E-state index contributed by atoms with van der Waals surface area (Å²) in [6.07, 6.45) is -4.89. The summed E-state index contributed by atoms with van der Waals surface area (Å²) in [5.41, 5.74) is -2.57. The zero-order valence-electron chi connectivity index (χ0n) is 14.2. The number of aliphatic hydroxyl groups is 1. The number of amides is 2. The standard InChI is InChI=1S/C17H20F3N3O3/c1-2-6-13-11-16(26,17(18,19)20)23(22-13)15(25)14(24)21-10-9-12-7-4-3-5-8-12/h3-5,7-8,26H,2,6,9-11H2,1H3,(H,21,24)/t16-/m1/s1. The minimum atomic E-state index is -5.13. The molecule has 0 saturated heterocycles. The number of hydrogen-bond acceptors (Lipinski definition) is 4. The second-order valence-electron chi connectivity index (χ2n) is 6.02. The van der Waals surface area contributed by atoms with Crippen molar-refractivity contribution in [1.29, 1.82) is 0 Å². The van der Waals surface area contributed by atoms with Crippen molar-refractivity contribution >= 4 is 17.5 Å². The zero-order valence-corrected chi connectivity index (χ0v) is 14.2. The van der Waals surface area contributed by atoms with Gasteiger partial charge in [-0.2, -0.15) is 23.3 Å². The molecule has 1 aromatic rings. The number of nitrogens with one attached hydrogen (secondary N) is 1. The van der Waals surface area contributed by atoms with Crippen molar-refractivity contribution in [3.05, 3.63) is 35.9 Å². The molecule has 1 aliphatic heterocycles. The van der Waals surface area contributed by atoms with Crippen molar-refractivity contribution in [2.45, 2.75) is 44.5 Å². The molecular formula is C17H20F3N3O3. The first-order valence-electron chi connectivity index (χ1n) is 8.21. The highest BCUT2D eigenvalue weighted by Gasteiger charge is 2.63. The van der Waals surface area contributed by atoms with Gasteiger partial charge in [0.2, 0.25) is 0 Å². The molecule has 0 saturated carbocycles. The van der Waals surface area contributed by atoms with Crippen LogP contribution in [-0.4, -0.2) is 46.1 Å². The molecule has 1 aromatic carbocycles. The SMILES string of the molecule is CCCC1=NN(C(=O)C(=O)NCCc2ccccc2)[C@](O)(C(F)(F)F)C1. The summed E-state index contributed by atoms with van der Waals surface area (Å²) in [7, 11) is 0. The number of benzene rings is 1. The number of nitrogens with zero attached hydrogens (tertiary/aromatic N) is 2. The number of hydrazone groups is 1. The molecule has 2 N–H and O–H groups in total. The van der Waals surface area contributed by atoms with Crippen LogP contribution >= 0.6 is 0 Å². The average Bonchev–Trinajstić information content (AvgIpc) is 2.93. The van der Waals surface area contributed by atoms with E-state index < -0.39 is 30.1 Å². The van der Waals surface area contributed by atoms with E-state index in [1.165, 1.54) is 0 Å². The molecule has 0 radical (unpaired) electrons. The Bertz CT molecular complexity index is 691. The van der Waals surface area contributed by atoms with Gasteiger partial charge < -0.3 is 10.4 Å². The van der Waals surface area contributed by atoms with Crippen molar-refractivity contribution < 1.29 is 27.9 Å². The van der Waals surface area contributed by atoms with Gasteiger partial charge in [-0.15, -0.1) is 0 Å². The first-order valence-corrected chi connectivity index (χ1v) is 8.21. The Hall–Kier alpha value is -2.42. The third kappa shape index (κ3) is 4.21. The second kappa shape index (κ2) is 7.86. The molecule has 1 atom stereocenters. The van der Waals surface area contributed by atoms with Crippen molar-refractivity contribution in [3.8, 4) is 0 Å². The number of rotatable bonds is 5. The highest BCUT2D eigenvalue weighted by molar-refractivity contribution is 6.35. The molecule has 0 fully saturated rings. The van der Waals surface area contributed by atoms with Crippen LogP contribution in [-0.2, 0) is 16.0 Å². The quantitative estimate of drug-likeness (QED) is 0.777. The molecule has 6 nitrogen and oxygen atoms in total. The van der Waals surface area contributed by atoms with Crippen LogP contribution in [0, 0.1) is 0 Å². The number of carbonyl (C=O) groups is 2. The number of carbonyl (C=O) groups excluding carboxylic acids is 2. The molecule has 142 valence electrons. The first-order chi connectivity index (χ1) is 12.2. The van der Waals surface area contributed by atoms with E-state index >= 15 is 0 Å². The fourth-order valence-electron chi connectivity index (χ4n) is 2.62. The largest absolute Gasteiger partial charge is 0.438 e. The van der Waals surface area contributed by atoms with Crippen LogP contribution in [0.4, 0.5) is 13.2 Å². The van der Waals surface area contributed by atoms with Crippen molar-refractivity contribution in [1.82, 2.24) is 10.3 Å². The monoisotopic (exact) mass is 371 g/mol. The second-order valence-corrected chi connectivity index (χ2v) is 6.02. The average molecular weight is 371 g/mol. The molecule has 0 bridgehead atoms. The van der Waals surface area contributed by atoms with E-state index in [1.54, 1.807) is 19.1 Å². The lowest BCUT2D eigenvalue weighted by Crippen LogP contribution is -2.59. The van der Waals surface area contributed by atoms with Crippen LogP contribution < -0.4 is 5.32 Å². The lowest BCUT2D eigenvalue weighted by Gasteiger charge is -2.32. The summed E-state index contributed by atoms with van der Waals surface area (Å²) in [4.78, 5) is 24.1. The predicted octanol–water partition coefficient (Wildman–Crippen LogP) is 1.98. The maximum Gasteiger partial charge on any atom is 0.438 e. The van der Waals surface area contributed by atoms with Gasteiger partial charge in [-0.3, -0.25) is 9.59 Å². The van der Waals surface area contributed by atoms with Gasteiger partial charge in [-0.1, -0.05) is 43.7 Å². The van der Waals surface area contributed by atoms with Crippen LogP contribution in [0.3, 0.4) is 0 Å². The Morgan fingerprint density at radius 3 is 2.50 bits per heavy atom. The third-order valence-corrected chi connectivity index (χ3v) is 3.96. The third-order valence-electron chi connectivity index (χ3n) is 3.96. The first kappa shape index (κ1) is 19.9. The molecule has 1 heterocycles. The summed E-state index contributed by atoms with van der Waals surface area (Å²) in [6.45, 7) is 1.80. The maximum atomic E-state index is 13.3. The highest BCUT2D eigenvalue weighted by atomic mass is 19.4. The van der Waals surface area contributed by atoms with Gasteiger partial charge >= 0.3 is 18.0 Å². The van der Waals surface area contributed by atoms with Gasteiger partial charge in [0, 0.05) is 18.7 Å². The van der Waals surface area contributed by atoms with E-state index in [0.717, 1.165) is 5.56 Å². The fraction of sp³-hybridized carbons (Fsp3) is 0.471. The topological polar surface area (TPSA) is 82.0 Å². The Morgan fingerprint density at radius 2 is 1.92 bits per heavy atom. The van der Waals surface area contributed by atoms with E-state index in [4.69, 9.17) is 0 Å². The molecule has 0 spiro atoms. The number of halogens is 3. The highest BCUT2D eigenvalue weighted by Crippen LogP contribution is 2.40. The maximum absolute atomic E-state index is 13.3. The molecule has 0 unspecified atom stereocenters. The van der Waals surface area contributed by atoms with Gasteiger partial charge in [0.1, 0.15) is 0 Å². The molecule has 0 aromatic heterocycles. The van der Waals surface area contributed by atoms with E-state index in [0.29, 0.717) is 12.8 Å². The van der Waals surface area contributed by atoms with Gasteiger partial charge in [-0.05, 0) is 18.4 Å². The molecule has 0 aliphatic carbocycles. The van der Waals surface area contributed by atoms with Crippen LogP contribution in [0.5, 0.6) is 0 Å². The predicted molar refractivity (Wildman–Crippen MR) is 88.0 cm³/mol. The molecule has 1 aliphatic rings. The minimum absolute atomic E-state index is 0.0257. The van der Waals surface area contributed by atoms with Crippen molar-refractivity contribution in [2.24, 2.45) is 5.10 Å². The van der Waals surface area contributed by atoms with Crippen LogP contribution in [0.2, 0.25) is 0 Å². The van der Waals surface area contributed by atoms with Gasteiger partial charge in [0.25, 0.3) is 5.72 Å². The number of hydrogen-bond donors (Lipinski definition) is 2. The van der Waals surface area contributed by atoms with E-state index in [-0.39, 0.29) is 23.7 Å². The summed E-state index contributed by atoms with van der Waals surface area (Å²) in [5.74, 6) is -2.78. The molecule has 2 rings (SSSR count). The van der Waals surface area contributed by atoms with Crippen LogP contribution in [0.1, 0.15) is 31.7 Å². The lowest BCUT2D eigenvalue weighted by molar-refractivity contribution is -0.301. The summed E-state index contributed by atoms with van der Waals surface area (Å²) >= 11 is 0. The van der Waals surface area contributed by atoms with Gasteiger partial charge in [0.05, 0.1) is 0 Å². The summed E-state index contributed by atoms with van der Waals surface area (Å²) in [5, 5.41) is 15.7. The molecular weight excluding hydrogens is 351 g/mol. The zero-order chi connectivity index (χ0) is 19.4. The molecule has 26 heavy (non-hydrogen) atoms. The van der Waals surface area contributed by atoms with Crippen LogP contribution in [0.25, 0.3) is 0 Å². The Labute approximate surface area is 148 Å². The Kier molecular flexibility index (Phi) is 6.01. The molecule has 2 amide bonds. The Morgan fingerprint density at radius 1 is 1.27 bits per heavy atom. The van der Waals surface area contributed by atoms with E-state index in [1.807, 2.05) is 18.2 Å². The Balaban J connectivity index is 2.05. The van der Waals surface area contributed by atoms with E-state index in [9.17, 15) is 27.9 Å². The number of alkyl halides is 3. The molecule has 9 heteroatoms. The minimum Gasteiger partial charge on any atom is -0.362 e. The summed E-state index contributed by atoms with van der Waals surface area (Å²) in [6, 6.07) is 9.07. The lowest BCUT2D eigenvalue weighted by atomic mass is 10.0. The van der Waals surface area contributed by atoms with Crippen molar-refractivity contribution in [3.63, 3.8) is 0 Å². The smallest absolute Gasteiger partial charge is 0.362 e. The van der Waals surface area contributed by atoms with Gasteiger partial charge in [0.15, 0.2) is 0 Å². The van der Waals surface area contributed by atoms with Crippen LogP contribution in [0.15, 0.2) is 35.4 Å². The summed E-state index contributed by atoms with van der Waals surface area (Å²) < 4.78 is 39.8. The van der Waals surface area contributed by atoms with Crippen molar-refractivity contribution in [2.75, 3.05) is 6.54 Å². The van der Waals surface area contributed by atoms with Gasteiger partial charge in [-0.25, -0.2) is 0 Å². The fourth-order valence-corrected chi connectivity index (χ4v) is 2.62.